The van der Waals surface area contributed by atoms with E-state index in [9.17, 15) is 10.1 Å². The summed E-state index contributed by atoms with van der Waals surface area (Å²) in [6.45, 7) is 8.35. The fourth-order valence-electron chi connectivity index (χ4n) is 8.69. The molecule has 0 bridgehead atoms. The van der Waals surface area contributed by atoms with Crippen LogP contribution in [0.15, 0.2) is 146 Å². The van der Waals surface area contributed by atoms with Crippen LogP contribution < -0.4 is 24.4 Å². The molecule has 17 nitrogen and oxygen atoms in total. The molecule has 7 aromatic rings. The van der Waals surface area contributed by atoms with E-state index in [1.807, 2.05) is 140 Å². The number of imidazole rings is 1. The van der Waals surface area contributed by atoms with Crippen LogP contribution >= 0.6 is 8.53 Å². The van der Waals surface area contributed by atoms with Crippen molar-refractivity contribution in [1.82, 2.24) is 24.2 Å². The molecule has 4 atom stereocenters. The third-order valence-corrected chi connectivity index (χ3v) is 13.9. The lowest BCUT2D eigenvalue weighted by Crippen LogP contribution is -2.39. The molecule has 1 fully saturated rings. The smallest absolute Gasteiger partial charge is 0.425 e. The monoisotopic (exact) mass is 994 g/mol. The Hall–Kier alpha value is -7.00. The molecule has 1 amide bonds. The molecule has 2 aromatic heterocycles. The van der Waals surface area contributed by atoms with Gasteiger partial charge < -0.3 is 33.5 Å². The second-order valence-electron chi connectivity index (χ2n) is 17.2. The molecule has 1 aliphatic rings. The standard InChI is InChI=1S/C54H59N8O9P/c1-37(2)62(38(3)4)72(67-33-17-32-55)71-70-46-34-48(60-36-57-49-50(60)58-52(56-5)59-51(49)69-53(63)61(42-20-13-9-14-21-42)43-22-15-10-16-23-43)68-47(46)35-66-54(39-18-11-8-12-19-39,40-24-28-44(64-6)29-25-40)41-26-30-45(65-7)31-27-41/h8-16,18-31,36-38,46-48H,17,33-35H2,1-7H3,(H,56,58,59)/t46-,47+,48+,72?/m0/s1. The van der Waals surface area contributed by atoms with Crippen molar-refractivity contribution in [3.63, 3.8) is 0 Å². The van der Waals surface area contributed by atoms with Crippen molar-refractivity contribution in [2.45, 2.75) is 76.7 Å². The predicted octanol–water partition coefficient (Wildman–Crippen LogP) is 11.1. The predicted molar refractivity (Wildman–Crippen MR) is 274 cm³/mol. The van der Waals surface area contributed by atoms with Crippen LogP contribution in [0.1, 0.15) is 63.5 Å². The summed E-state index contributed by atoms with van der Waals surface area (Å²) in [6.07, 6.45) is -1.01. The molecule has 0 aliphatic carbocycles. The van der Waals surface area contributed by atoms with Crippen LogP contribution in [0.5, 0.6) is 17.4 Å². The van der Waals surface area contributed by atoms with E-state index in [1.54, 1.807) is 32.2 Å². The first-order chi connectivity index (χ1) is 35.1. The maximum absolute atomic E-state index is 14.3. The third-order valence-electron chi connectivity index (χ3n) is 12.0. The van der Waals surface area contributed by atoms with Crippen molar-refractivity contribution >= 4 is 43.1 Å². The number of carbonyl (C=O) groups excluding carboxylic acids is 1. The molecule has 8 rings (SSSR count). The van der Waals surface area contributed by atoms with Gasteiger partial charge in [-0.15, -0.1) is 0 Å². The van der Waals surface area contributed by atoms with Crippen molar-refractivity contribution in [2.24, 2.45) is 0 Å². The molecule has 1 saturated heterocycles. The lowest BCUT2D eigenvalue weighted by atomic mass is 9.80. The highest BCUT2D eigenvalue weighted by Gasteiger charge is 2.45. The number of nitrogens with zero attached hydrogens (tertiary/aromatic N) is 7. The summed E-state index contributed by atoms with van der Waals surface area (Å²) in [7, 11) is 3.13. The van der Waals surface area contributed by atoms with Crippen LogP contribution in [-0.2, 0) is 29.2 Å². The summed E-state index contributed by atoms with van der Waals surface area (Å²) in [5, 5.41) is 12.4. The minimum atomic E-state index is -1.81. The molecule has 1 aliphatic heterocycles. The highest BCUT2D eigenvalue weighted by atomic mass is 31.2. The fourth-order valence-corrected chi connectivity index (χ4v) is 10.1. The van der Waals surface area contributed by atoms with E-state index in [2.05, 4.69) is 48.7 Å². The van der Waals surface area contributed by atoms with Gasteiger partial charge in [0.2, 0.25) is 5.95 Å². The molecular weight excluding hydrogens is 936 g/mol. The Morgan fingerprint density at radius 1 is 0.819 bits per heavy atom. The third kappa shape index (κ3) is 11.4. The number of para-hydroxylation sites is 2. The number of nitriles is 1. The number of fused-ring (bicyclic) bond motifs is 1. The van der Waals surface area contributed by atoms with E-state index in [4.69, 9.17) is 47.7 Å². The zero-order valence-corrected chi connectivity index (χ0v) is 42.2. The molecule has 1 N–H and O–H groups in total. The Balaban J connectivity index is 1.18. The minimum absolute atomic E-state index is 0.0101. The molecule has 3 heterocycles. The summed E-state index contributed by atoms with van der Waals surface area (Å²) in [5.41, 5.74) is 3.09. The summed E-state index contributed by atoms with van der Waals surface area (Å²) < 4.78 is 48.1. The van der Waals surface area contributed by atoms with E-state index < -0.39 is 38.7 Å². The summed E-state index contributed by atoms with van der Waals surface area (Å²) in [5.74, 6) is 1.50. The Morgan fingerprint density at radius 3 is 1.90 bits per heavy atom. The van der Waals surface area contributed by atoms with Gasteiger partial charge in [0, 0.05) is 25.6 Å². The van der Waals surface area contributed by atoms with Crippen molar-refractivity contribution in [3.05, 3.63) is 163 Å². The number of amides is 1. The van der Waals surface area contributed by atoms with Crippen molar-refractivity contribution < 1.29 is 42.6 Å². The van der Waals surface area contributed by atoms with Crippen molar-refractivity contribution in [2.75, 3.05) is 44.7 Å². The normalized spacial score (nSPS) is 16.2. The van der Waals surface area contributed by atoms with E-state index in [1.165, 1.54) is 4.90 Å². The quantitative estimate of drug-likeness (QED) is 0.0223. The number of ether oxygens (including phenoxy) is 5. The Labute approximate surface area is 421 Å². The first-order valence-corrected chi connectivity index (χ1v) is 24.8. The van der Waals surface area contributed by atoms with Gasteiger partial charge in [-0.25, -0.2) is 24.2 Å². The Kier molecular flexibility index (Phi) is 17.1. The van der Waals surface area contributed by atoms with Gasteiger partial charge in [-0.05, 0) is 92.9 Å². The van der Waals surface area contributed by atoms with Crippen LogP contribution in [0, 0.1) is 11.3 Å². The zero-order chi connectivity index (χ0) is 50.6. The van der Waals surface area contributed by atoms with E-state index in [-0.39, 0.29) is 55.5 Å². The highest BCUT2D eigenvalue weighted by Crippen LogP contribution is 2.49. The van der Waals surface area contributed by atoms with Gasteiger partial charge in [-0.2, -0.15) is 19.9 Å². The number of hydrogen-bond acceptors (Lipinski definition) is 15. The first kappa shape index (κ1) is 51.4. The number of rotatable bonds is 22. The number of nitrogens with one attached hydrogen (secondary N) is 1. The fraction of sp³-hybridized carbons (Fsp3) is 0.315. The topological polar surface area (TPSA) is 177 Å². The van der Waals surface area contributed by atoms with Crippen LogP contribution in [0.4, 0.5) is 22.1 Å². The van der Waals surface area contributed by atoms with Crippen LogP contribution in [-0.4, -0.2) is 89.1 Å². The first-order valence-electron chi connectivity index (χ1n) is 23.7. The van der Waals surface area contributed by atoms with E-state index in [0.29, 0.717) is 28.5 Å². The summed E-state index contributed by atoms with van der Waals surface area (Å²) in [6, 6.07) is 46.2. The Morgan fingerprint density at radius 2 is 1.38 bits per heavy atom. The molecule has 0 radical (unpaired) electrons. The number of hydrogen-bond donors (Lipinski definition) is 1. The number of aromatic nitrogens is 4. The van der Waals surface area contributed by atoms with Gasteiger partial charge in [0.15, 0.2) is 11.2 Å². The largest absolute Gasteiger partial charge is 0.497 e. The number of benzene rings is 5. The molecule has 72 heavy (non-hydrogen) atoms. The van der Waals surface area contributed by atoms with Gasteiger partial charge in [-0.3, -0.25) is 4.57 Å². The SMILES string of the molecule is CNc1nc(OC(=O)N(c2ccccc2)c2ccccc2)c2ncn([C@H]3C[C@H](OOP(OCCC#N)N(C(C)C)C(C)C)[C@@H](COC(c4ccccc4)(c4ccc(OC)cc4)c4ccc(OC)cc4)O3)c2n1. The molecule has 0 saturated carbocycles. The van der Waals surface area contributed by atoms with Crippen LogP contribution in [0.25, 0.3) is 11.2 Å². The molecule has 374 valence electrons. The second-order valence-corrected chi connectivity index (χ2v) is 18.6. The minimum Gasteiger partial charge on any atom is -0.497 e. The molecule has 0 spiro atoms. The number of anilines is 3. The number of methoxy groups -OCH3 is 2. The maximum atomic E-state index is 14.3. The lowest BCUT2D eigenvalue weighted by molar-refractivity contribution is -0.264. The molecular formula is C54H59N8O9P. The summed E-state index contributed by atoms with van der Waals surface area (Å²) in [4.78, 5) is 36.3. The van der Waals surface area contributed by atoms with E-state index in [0.717, 1.165) is 16.7 Å². The lowest BCUT2D eigenvalue weighted by Gasteiger charge is -2.37. The van der Waals surface area contributed by atoms with Gasteiger partial charge in [-0.1, -0.05) is 91.0 Å². The maximum Gasteiger partial charge on any atom is 0.425 e. The van der Waals surface area contributed by atoms with Gasteiger partial charge in [0.1, 0.15) is 35.5 Å². The van der Waals surface area contributed by atoms with Crippen molar-refractivity contribution in [3.8, 4) is 23.4 Å². The van der Waals surface area contributed by atoms with Gasteiger partial charge in [0.05, 0.1) is 57.6 Å². The molecule has 5 aromatic carbocycles. The average molecular weight is 995 g/mol. The van der Waals surface area contributed by atoms with Crippen LogP contribution in [0.2, 0.25) is 0 Å². The molecule has 18 heteroatoms. The zero-order valence-electron chi connectivity index (χ0n) is 41.3. The Bertz CT molecular complexity index is 2780. The highest BCUT2D eigenvalue weighted by molar-refractivity contribution is 7.44. The summed E-state index contributed by atoms with van der Waals surface area (Å²) >= 11 is 0. The van der Waals surface area contributed by atoms with Crippen LogP contribution in [0.3, 0.4) is 0 Å². The van der Waals surface area contributed by atoms with Gasteiger partial charge >= 0.3 is 6.09 Å². The number of carbonyl (C=O) groups is 1. The average Bonchev–Trinajstić information content (AvgIpc) is 4.03. The molecule has 1 unspecified atom stereocenters. The van der Waals surface area contributed by atoms with Crippen molar-refractivity contribution in [1.29, 1.82) is 5.26 Å². The second kappa shape index (κ2) is 23.9. The van der Waals surface area contributed by atoms with Gasteiger partial charge in [0.25, 0.3) is 14.4 Å². The van der Waals surface area contributed by atoms with E-state index >= 15 is 0 Å².